The Morgan fingerprint density at radius 1 is 1.13 bits per heavy atom. The highest BCUT2D eigenvalue weighted by atomic mass is 35.5. The molecule has 200 valence electrons. The molecule has 0 fully saturated rings. The lowest BCUT2D eigenvalue weighted by Crippen LogP contribution is -2.36. The van der Waals surface area contributed by atoms with E-state index in [2.05, 4.69) is 10.6 Å². The molecule has 9 nitrogen and oxygen atoms in total. The molecule has 0 unspecified atom stereocenters. The van der Waals surface area contributed by atoms with E-state index in [0.717, 1.165) is 5.39 Å². The van der Waals surface area contributed by atoms with Crippen molar-refractivity contribution in [3.05, 3.63) is 80.9 Å². The number of aromatic nitrogens is 2. The molecule has 0 spiro atoms. The van der Waals surface area contributed by atoms with Crippen molar-refractivity contribution >= 4 is 40.1 Å². The van der Waals surface area contributed by atoms with Crippen molar-refractivity contribution in [1.29, 1.82) is 0 Å². The molecule has 2 heterocycles. The fourth-order valence-electron chi connectivity index (χ4n) is 4.45. The highest BCUT2D eigenvalue weighted by molar-refractivity contribution is 6.32. The van der Waals surface area contributed by atoms with Crippen LogP contribution in [-0.4, -0.2) is 34.8 Å². The number of nitrogens with zero attached hydrogens (tertiary/aromatic N) is 2. The number of amides is 2. The number of halogens is 1. The Balaban J connectivity index is 1.48. The number of nitrogens with one attached hydrogen (secondary N) is 2. The number of hydrogen-bond acceptors (Lipinski definition) is 5. The summed E-state index contributed by atoms with van der Waals surface area (Å²) >= 11 is 6.20. The predicted molar refractivity (Wildman–Crippen MR) is 147 cm³/mol. The minimum Gasteiger partial charge on any atom is -0.461 e. The van der Waals surface area contributed by atoms with E-state index in [9.17, 15) is 14.4 Å². The van der Waals surface area contributed by atoms with E-state index in [1.807, 2.05) is 50.2 Å². The van der Waals surface area contributed by atoms with Crippen LogP contribution >= 0.6 is 11.6 Å². The van der Waals surface area contributed by atoms with Gasteiger partial charge < -0.3 is 19.8 Å². The minimum atomic E-state index is -0.620. The van der Waals surface area contributed by atoms with Gasteiger partial charge in [0.15, 0.2) is 0 Å². The third-order valence-corrected chi connectivity index (χ3v) is 6.47. The summed E-state index contributed by atoms with van der Waals surface area (Å²) in [7, 11) is 3.27. The molecule has 0 aliphatic rings. The van der Waals surface area contributed by atoms with Gasteiger partial charge in [0.05, 0.1) is 23.6 Å². The largest absolute Gasteiger partial charge is 0.461 e. The molecule has 2 amide bonds. The minimum absolute atomic E-state index is 0.0597. The molecule has 4 rings (SSSR count). The lowest BCUT2D eigenvalue weighted by molar-refractivity contribution is -0.118. The lowest BCUT2D eigenvalue weighted by Gasteiger charge is -2.24. The first-order valence-electron chi connectivity index (χ1n) is 12.1. The number of anilines is 1. The molecule has 0 atom stereocenters. The van der Waals surface area contributed by atoms with Crippen LogP contribution in [0.4, 0.5) is 5.69 Å². The summed E-state index contributed by atoms with van der Waals surface area (Å²) in [5, 5.41) is 6.85. The van der Waals surface area contributed by atoms with Gasteiger partial charge in [0.1, 0.15) is 17.0 Å². The molecule has 4 aromatic rings. The standard InChI is InChI=1S/C28H31ClN4O5/c1-17-11-18-12-19(29)13-21(25(18)38-17)26(35)30-16-28(2,3)14-23(34)31-24-22(15-37-5)32(4)33(27(24)36)20-9-7-6-8-10-20/h6-13H,14-16H2,1-5H3,(H,30,35)(H,31,34). The number of furan rings is 1. The van der Waals surface area contributed by atoms with Crippen LogP contribution < -0.4 is 16.2 Å². The Hall–Kier alpha value is -3.82. The van der Waals surface area contributed by atoms with Crippen molar-refractivity contribution < 1.29 is 18.7 Å². The fourth-order valence-corrected chi connectivity index (χ4v) is 4.67. The second kappa shape index (κ2) is 10.9. The van der Waals surface area contributed by atoms with Gasteiger partial charge in [-0.3, -0.25) is 19.1 Å². The van der Waals surface area contributed by atoms with E-state index in [4.69, 9.17) is 20.8 Å². The summed E-state index contributed by atoms with van der Waals surface area (Å²) < 4.78 is 14.1. The summed E-state index contributed by atoms with van der Waals surface area (Å²) in [6.07, 6.45) is 0.0597. The number of benzene rings is 2. The first kappa shape index (κ1) is 27.2. The molecule has 0 radical (unpaired) electrons. The van der Waals surface area contributed by atoms with Gasteiger partial charge in [0.2, 0.25) is 5.91 Å². The van der Waals surface area contributed by atoms with Gasteiger partial charge in [-0.05, 0) is 42.7 Å². The molecule has 0 saturated heterocycles. The Morgan fingerprint density at radius 3 is 2.53 bits per heavy atom. The lowest BCUT2D eigenvalue weighted by atomic mass is 9.88. The quantitative estimate of drug-likeness (QED) is 0.318. The van der Waals surface area contributed by atoms with E-state index in [1.165, 1.54) is 11.8 Å². The number of para-hydroxylation sites is 1. The molecule has 0 bridgehead atoms. The topological polar surface area (TPSA) is 108 Å². The number of fused-ring (bicyclic) bond motifs is 1. The maximum absolute atomic E-state index is 13.3. The molecule has 0 aliphatic carbocycles. The number of rotatable bonds is 9. The van der Waals surface area contributed by atoms with Gasteiger partial charge >= 0.3 is 0 Å². The molecule has 0 saturated carbocycles. The van der Waals surface area contributed by atoms with Crippen LogP contribution in [0.3, 0.4) is 0 Å². The van der Waals surface area contributed by atoms with Crippen LogP contribution in [0.2, 0.25) is 5.02 Å². The molecule has 10 heteroatoms. The predicted octanol–water partition coefficient (Wildman–Crippen LogP) is 4.82. The normalized spacial score (nSPS) is 11.6. The third kappa shape index (κ3) is 5.69. The highest BCUT2D eigenvalue weighted by Gasteiger charge is 2.27. The van der Waals surface area contributed by atoms with Crippen molar-refractivity contribution in [2.45, 2.75) is 33.8 Å². The number of carbonyl (C=O) groups is 2. The summed E-state index contributed by atoms with van der Waals surface area (Å²) in [6.45, 7) is 5.88. The average Bonchev–Trinajstić information content (AvgIpc) is 3.33. The smallest absolute Gasteiger partial charge is 0.295 e. The zero-order valence-corrected chi connectivity index (χ0v) is 22.8. The van der Waals surface area contributed by atoms with Gasteiger partial charge in [-0.2, -0.15) is 0 Å². The molecular formula is C28H31ClN4O5. The number of ether oxygens (including phenoxy) is 1. The second-order valence-corrected chi connectivity index (χ2v) is 10.5. The molecule has 2 aromatic carbocycles. The summed E-state index contributed by atoms with van der Waals surface area (Å²) in [4.78, 5) is 39.4. The van der Waals surface area contributed by atoms with Gasteiger partial charge in [-0.15, -0.1) is 0 Å². The highest BCUT2D eigenvalue weighted by Crippen LogP contribution is 2.28. The Bertz CT molecular complexity index is 1550. The second-order valence-electron chi connectivity index (χ2n) is 10.0. The Morgan fingerprint density at radius 2 is 1.84 bits per heavy atom. The van der Waals surface area contributed by atoms with E-state index >= 15 is 0 Å². The first-order valence-corrected chi connectivity index (χ1v) is 12.5. The monoisotopic (exact) mass is 538 g/mol. The zero-order valence-electron chi connectivity index (χ0n) is 22.1. The SMILES string of the molecule is COCc1c(NC(=O)CC(C)(C)CNC(=O)c2cc(Cl)cc3cc(C)oc23)c(=O)n(-c2ccccc2)n1C. The Kier molecular flexibility index (Phi) is 7.80. The van der Waals surface area contributed by atoms with Crippen molar-refractivity contribution in [2.24, 2.45) is 12.5 Å². The first-order chi connectivity index (χ1) is 18.0. The summed E-state index contributed by atoms with van der Waals surface area (Å²) in [5.74, 6) is -0.0266. The van der Waals surface area contributed by atoms with E-state index < -0.39 is 5.41 Å². The molecule has 0 aliphatic heterocycles. The van der Waals surface area contributed by atoms with Crippen LogP contribution in [0.5, 0.6) is 0 Å². The summed E-state index contributed by atoms with van der Waals surface area (Å²) in [5.41, 5.74) is 1.19. The maximum Gasteiger partial charge on any atom is 0.295 e. The number of hydrogen-bond donors (Lipinski definition) is 2. The van der Waals surface area contributed by atoms with Crippen molar-refractivity contribution in [2.75, 3.05) is 19.0 Å². The maximum atomic E-state index is 13.3. The zero-order chi connectivity index (χ0) is 27.6. The van der Waals surface area contributed by atoms with Crippen LogP contribution in [0.15, 0.2) is 57.7 Å². The van der Waals surface area contributed by atoms with Crippen LogP contribution in [0.25, 0.3) is 16.7 Å². The average molecular weight is 539 g/mol. The Labute approximate surface area is 225 Å². The fraction of sp³-hybridized carbons (Fsp3) is 0.321. The molecular weight excluding hydrogens is 508 g/mol. The van der Waals surface area contributed by atoms with Gasteiger partial charge in [-0.25, -0.2) is 4.68 Å². The van der Waals surface area contributed by atoms with Crippen LogP contribution in [-0.2, 0) is 23.2 Å². The number of methoxy groups -OCH3 is 1. The van der Waals surface area contributed by atoms with E-state index in [-0.39, 0.29) is 42.6 Å². The van der Waals surface area contributed by atoms with Crippen molar-refractivity contribution in [1.82, 2.24) is 14.7 Å². The van der Waals surface area contributed by atoms with Gasteiger partial charge in [0, 0.05) is 37.5 Å². The van der Waals surface area contributed by atoms with Crippen molar-refractivity contribution in [3.63, 3.8) is 0 Å². The molecule has 2 aromatic heterocycles. The molecule has 38 heavy (non-hydrogen) atoms. The van der Waals surface area contributed by atoms with Crippen LogP contribution in [0, 0.1) is 12.3 Å². The third-order valence-electron chi connectivity index (χ3n) is 6.25. The summed E-state index contributed by atoms with van der Waals surface area (Å²) in [6, 6.07) is 14.3. The van der Waals surface area contributed by atoms with E-state index in [1.54, 1.807) is 30.8 Å². The molecule has 2 N–H and O–H groups in total. The number of aryl methyl sites for hydroxylation is 1. The van der Waals surface area contributed by atoms with Gasteiger partial charge in [-0.1, -0.05) is 43.6 Å². The van der Waals surface area contributed by atoms with Crippen molar-refractivity contribution in [3.8, 4) is 5.69 Å². The number of carbonyl (C=O) groups excluding carboxylic acids is 2. The van der Waals surface area contributed by atoms with Crippen LogP contribution in [0.1, 0.15) is 42.1 Å². The van der Waals surface area contributed by atoms with E-state index in [0.29, 0.717) is 33.3 Å². The van der Waals surface area contributed by atoms with Gasteiger partial charge in [0.25, 0.3) is 11.5 Å².